The highest BCUT2D eigenvalue weighted by atomic mass is 15.2. The number of aromatic nitrogens is 2. The minimum Gasteiger partial charge on any atom is -0.368 e. The van der Waals surface area contributed by atoms with Gasteiger partial charge in [0.1, 0.15) is 5.82 Å². The number of rotatable bonds is 4. The lowest BCUT2D eigenvalue weighted by molar-refractivity contribution is 0.954. The normalized spacial score (nSPS) is 10.2. The van der Waals surface area contributed by atoms with Gasteiger partial charge in [-0.25, -0.2) is 0 Å². The van der Waals surface area contributed by atoms with Crippen LogP contribution < -0.4 is 5.32 Å². The fraction of sp³-hybridized carbons (Fsp3) is 0.286. The van der Waals surface area contributed by atoms with E-state index < -0.39 is 0 Å². The molecule has 1 heterocycles. The van der Waals surface area contributed by atoms with Gasteiger partial charge in [0.25, 0.3) is 0 Å². The minimum absolute atomic E-state index is 0.846. The van der Waals surface area contributed by atoms with Crippen LogP contribution in [0.25, 0.3) is 0 Å². The third-order valence-corrected chi connectivity index (χ3v) is 2.75. The first-order chi connectivity index (χ1) is 8.25. The number of hydrogen-bond acceptors (Lipinski definition) is 3. The molecule has 0 unspecified atom stereocenters. The quantitative estimate of drug-likeness (QED) is 0.872. The molecule has 88 valence electrons. The van der Waals surface area contributed by atoms with Gasteiger partial charge in [0.05, 0.1) is 6.20 Å². The van der Waals surface area contributed by atoms with Crippen molar-refractivity contribution >= 4 is 5.82 Å². The van der Waals surface area contributed by atoms with Crippen LogP contribution in [0.15, 0.2) is 36.5 Å². The zero-order valence-electron chi connectivity index (χ0n) is 10.3. The van der Waals surface area contributed by atoms with Crippen molar-refractivity contribution in [2.75, 3.05) is 11.9 Å². The standard InChI is InChI=1S/C14H17N3/c1-11-9-14(17-16-10-11)15-8-7-13-6-4-3-5-12(13)2/h3-6,9-10H,7-8H2,1-2H3,(H,15,17). The van der Waals surface area contributed by atoms with E-state index in [9.17, 15) is 0 Å². The van der Waals surface area contributed by atoms with Crippen LogP contribution in [0.5, 0.6) is 0 Å². The van der Waals surface area contributed by atoms with Gasteiger partial charge in [-0.05, 0) is 43.0 Å². The molecule has 0 aliphatic heterocycles. The zero-order valence-corrected chi connectivity index (χ0v) is 10.3. The molecule has 3 heteroatoms. The maximum Gasteiger partial charge on any atom is 0.148 e. The van der Waals surface area contributed by atoms with Gasteiger partial charge in [0, 0.05) is 6.54 Å². The first kappa shape index (κ1) is 11.6. The van der Waals surface area contributed by atoms with E-state index in [-0.39, 0.29) is 0 Å². The van der Waals surface area contributed by atoms with Crippen molar-refractivity contribution in [3.63, 3.8) is 0 Å². The van der Waals surface area contributed by atoms with Crippen molar-refractivity contribution < 1.29 is 0 Å². The van der Waals surface area contributed by atoms with Crippen molar-refractivity contribution in [2.24, 2.45) is 0 Å². The molecule has 0 amide bonds. The van der Waals surface area contributed by atoms with E-state index in [0.717, 1.165) is 24.3 Å². The molecule has 1 aromatic carbocycles. The summed E-state index contributed by atoms with van der Waals surface area (Å²) in [7, 11) is 0. The van der Waals surface area contributed by atoms with Crippen molar-refractivity contribution in [3.05, 3.63) is 53.2 Å². The van der Waals surface area contributed by atoms with E-state index in [1.54, 1.807) is 6.20 Å². The van der Waals surface area contributed by atoms with Crippen LogP contribution in [0.1, 0.15) is 16.7 Å². The SMILES string of the molecule is Cc1cnnc(NCCc2ccccc2C)c1. The number of hydrogen-bond donors (Lipinski definition) is 1. The summed E-state index contributed by atoms with van der Waals surface area (Å²) in [6.07, 6.45) is 2.76. The van der Waals surface area contributed by atoms with Gasteiger partial charge >= 0.3 is 0 Å². The first-order valence-corrected chi connectivity index (χ1v) is 5.83. The van der Waals surface area contributed by atoms with E-state index in [2.05, 4.69) is 46.7 Å². The van der Waals surface area contributed by atoms with Gasteiger partial charge in [-0.2, -0.15) is 5.10 Å². The molecule has 0 saturated carbocycles. The lowest BCUT2D eigenvalue weighted by Crippen LogP contribution is -2.07. The second-order valence-electron chi connectivity index (χ2n) is 4.22. The number of aryl methyl sites for hydroxylation is 2. The Morgan fingerprint density at radius 3 is 2.76 bits per heavy atom. The highest BCUT2D eigenvalue weighted by molar-refractivity contribution is 5.35. The topological polar surface area (TPSA) is 37.8 Å². The Morgan fingerprint density at radius 2 is 2.00 bits per heavy atom. The number of nitrogens with one attached hydrogen (secondary N) is 1. The van der Waals surface area contributed by atoms with E-state index >= 15 is 0 Å². The van der Waals surface area contributed by atoms with Crippen molar-refractivity contribution in [1.29, 1.82) is 0 Å². The van der Waals surface area contributed by atoms with Gasteiger partial charge in [-0.15, -0.1) is 5.10 Å². The van der Waals surface area contributed by atoms with Crippen molar-refractivity contribution in [2.45, 2.75) is 20.3 Å². The molecule has 1 aromatic heterocycles. The molecule has 0 saturated heterocycles. The molecular formula is C14H17N3. The molecule has 3 nitrogen and oxygen atoms in total. The van der Waals surface area contributed by atoms with Crippen molar-refractivity contribution in [1.82, 2.24) is 10.2 Å². The van der Waals surface area contributed by atoms with Gasteiger partial charge in [0.15, 0.2) is 0 Å². The molecule has 17 heavy (non-hydrogen) atoms. The van der Waals surface area contributed by atoms with Crippen LogP contribution in [0.4, 0.5) is 5.82 Å². The molecule has 0 fully saturated rings. The fourth-order valence-electron chi connectivity index (χ4n) is 1.77. The average Bonchev–Trinajstić information content (AvgIpc) is 2.32. The minimum atomic E-state index is 0.846. The lowest BCUT2D eigenvalue weighted by atomic mass is 10.1. The van der Waals surface area contributed by atoms with Crippen LogP contribution in [0.2, 0.25) is 0 Å². The Hall–Kier alpha value is -1.90. The second-order valence-corrected chi connectivity index (χ2v) is 4.22. The number of nitrogens with zero attached hydrogens (tertiary/aromatic N) is 2. The Kier molecular flexibility index (Phi) is 3.70. The Labute approximate surface area is 102 Å². The first-order valence-electron chi connectivity index (χ1n) is 5.83. The summed E-state index contributed by atoms with van der Waals surface area (Å²) in [5.74, 6) is 0.846. The largest absolute Gasteiger partial charge is 0.368 e. The van der Waals surface area contributed by atoms with Gasteiger partial charge in [-0.1, -0.05) is 24.3 Å². The molecule has 0 radical (unpaired) electrons. The maximum absolute atomic E-state index is 4.03. The Bertz CT molecular complexity index is 494. The summed E-state index contributed by atoms with van der Waals surface area (Å²) in [5.41, 5.74) is 3.84. The monoisotopic (exact) mass is 227 g/mol. The van der Waals surface area contributed by atoms with Gasteiger partial charge in [-0.3, -0.25) is 0 Å². The van der Waals surface area contributed by atoms with Crippen molar-refractivity contribution in [3.8, 4) is 0 Å². The number of anilines is 1. The third kappa shape index (κ3) is 3.28. The van der Waals surface area contributed by atoms with E-state index in [4.69, 9.17) is 0 Å². The highest BCUT2D eigenvalue weighted by Crippen LogP contribution is 2.08. The smallest absolute Gasteiger partial charge is 0.148 e. The fourth-order valence-corrected chi connectivity index (χ4v) is 1.77. The lowest BCUT2D eigenvalue weighted by Gasteiger charge is -2.07. The summed E-state index contributed by atoms with van der Waals surface area (Å²) < 4.78 is 0. The third-order valence-electron chi connectivity index (χ3n) is 2.75. The van der Waals surface area contributed by atoms with Gasteiger partial charge in [0.2, 0.25) is 0 Å². The molecule has 0 aliphatic carbocycles. The molecule has 2 aromatic rings. The van der Waals surface area contributed by atoms with Crippen LogP contribution in [-0.2, 0) is 6.42 Å². The van der Waals surface area contributed by atoms with Crippen LogP contribution in [-0.4, -0.2) is 16.7 Å². The predicted octanol–water partition coefficient (Wildman–Crippen LogP) is 2.75. The van der Waals surface area contributed by atoms with Gasteiger partial charge < -0.3 is 5.32 Å². The molecule has 1 N–H and O–H groups in total. The van der Waals surface area contributed by atoms with E-state index in [1.165, 1.54) is 11.1 Å². The molecule has 0 atom stereocenters. The molecule has 0 bridgehead atoms. The van der Waals surface area contributed by atoms with E-state index in [1.807, 2.05) is 13.0 Å². The Balaban J connectivity index is 1.90. The molecule has 0 spiro atoms. The zero-order chi connectivity index (χ0) is 12.1. The Morgan fingerprint density at radius 1 is 1.18 bits per heavy atom. The number of benzene rings is 1. The van der Waals surface area contributed by atoms with E-state index in [0.29, 0.717) is 0 Å². The highest BCUT2D eigenvalue weighted by Gasteiger charge is 1.98. The summed E-state index contributed by atoms with van der Waals surface area (Å²) >= 11 is 0. The summed E-state index contributed by atoms with van der Waals surface area (Å²) in [6, 6.07) is 10.5. The predicted molar refractivity (Wildman–Crippen MR) is 70.1 cm³/mol. The molecular weight excluding hydrogens is 210 g/mol. The van der Waals surface area contributed by atoms with Crippen LogP contribution >= 0.6 is 0 Å². The summed E-state index contributed by atoms with van der Waals surface area (Å²) in [6.45, 7) is 5.03. The van der Waals surface area contributed by atoms with Crippen LogP contribution in [0, 0.1) is 13.8 Å². The van der Waals surface area contributed by atoms with Crippen LogP contribution in [0.3, 0.4) is 0 Å². The molecule has 0 aliphatic rings. The summed E-state index contributed by atoms with van der Waals surface area (Å²) in [4.78, 5) is 0. The second kappa shape index (κ2) is 5.43. The average molecular weight is 227 g/mol. The molecule has 2 rings (SSSR count). The summed E-state index contributed by atoms with van der Waals surface area (Å²) in [5, 5.41) is 11.2. The maximum atomic E-state index is 4.03.